The zero-order chi connectivity index (χ0) is 26.1. The van der Waals surface area contributed by atoms with Gasteiger partial charge in [-0.1, -0.05) is 36.4 Å². The van der Waals surface area contributed by atoms with Crippen LogP contribution < -0.4 is 14.8 Å². The molecule has 0 spiro atoms. The molecule has 0 fully saturated rings. The van der Waals surface area contributed by atoms with Crippen molar-refractivity contribution in [2.45, 2.75) is 26.9 Å². The van der Waals surface area contributed by atoms with Gasteiger partial charge >= 0.3 is 0 Å². The molecule has 0 saturated carbocycles. The van der Waals surface area contributed by atoms with Crippen molar-refractivity contribution < 1.29 is 14.3 Å². The second-order valence-corrected chi connectivity index (χ2v) is 8.20. The van der Waals surface area contributed by atoms with Crippen LogP contribution in [0.2, 0.25) is 0 Å². The van der Waals surface area contributed by atoms with Crippen molar-refractivity contribution in [2.24, 2.45) is 0 Å². The molecule has 0 aliphatic carbocycles. The van der Waals surface area contributed by atoms with E-state index in [-0.39, 0.29) is 12.2 Å². The molecule has 6 nitrogen and oxygen atoms in total. The summed E-state index contributed by atoms with van der Waals surface area (Å²) in [5.74, 6) is 0.465. The lowest BCUT2D eigenvalue weighted by Gasteiger charge is -2.16. The Hall–Kier alpha value is -4.81. The van der Waals surface area contributed by atoms with Crippen molar-refractivity contribution >= 4 is 17.7 Å². The largest absolute Gasteiger partial charge is 0.493 e. The van der Waals surface area contributed by atoms with Crippen molar-refractivity contribution in [1.82, 2.24) is 0 Å². The summed E-state index contributed by atoms with van der Waals surface area (Å²) in [4.78, 5) is 12.9. The maximum Gasteiger partial charge on any atom is 0.266 e. The lowest BCUT2D eigenvalue weighted by atomic mass is 10.0. The van der Waals surface area contributed by atoms with Crippen LogP contribution in [0, 0.1) is 36.5 Å². The van der Waals surface area contributed by atoms with Gasteiger partial charge in [-0.25, -0.2) is 0 Å². The summed E-state index contributed by atoms with van der Waals surface area (Å²) in [6.07, 6.45) is 3.73. The first-order valence-electron chi connectivity index (χ1n) is 11.3. The standard InChI is InChI=1S/C30H27N3O3/c1-5-8-23-14-22(15-26(18-32)30(34)33-27-13-20(2)11-12-21(27)3)16-28(35-4)29(23)36-19-25-10-7-6-9-24(25)17-31/h5-7,9-16H,1,8,19H2,2-4H3,(H,33,34)/b26-15+. The van der Waals surface area contributed by atoms with E-state index in [0.717, 1.165) is 22.3 Å². The summed E-state index contributed by atoms with van der Waals surface area (Å²) >= 11 is 0. The smallest absolute Gasteiger partial charge is 0.266 e. The lowest BCUT2D eigenvalue weighted by Crippen LogP contribution is -2.14. The molecule has 1 N–H and O–H groups in total. The maximum absolute atomic E-state index is 12.9. The Morgan fingerprint density at radius 2 is 1.86 bits per heavy atom. The normalized spacial score (nSPS) is 10.6. The number of carbonyl (C=O) groups is 1. The Bertz CT molecular complexity index is 1410. The summed E-state index contributed by atoms with van der Waals surface area (Å²) in [6, 6.07) is 20.7. The number of carbonyl (C=O) groups excluding carboxylic acids is 1. The van der Waals surface area contributed by atoms with E-state index in [1.54, 1.807) is 24.3 Å². The predicted octanol–water partition coefficient (Wildman–Crippen LogP) is 6.04. The first-order valence-corrected chi connectivity index (χ1v) is 11.3. The summed E-state index contributed by atoms with van der Waals surface area (Å²) < 4.78 is 11.7. The van der Waals surface area contributed by atoms with Crippen LogP contribution in [0.3, 0.4) is 0 Å². The molecule has 0 radical (unpaired) electrons. The Morgan fingerprint density at radius 1 is 1.08 bits per heavy atom. The van der Waals surface area contributed by atoms with Crippen LogP contribution in [-0.4, -0.2) is 13.0 Å². The molecule has 6 heteroatoms. The van der Waals surface area contributed by atoms with E-state index in [0.29, 0.717) is 34.7 Å². The fourth-order valence-corrected chi connectivity index (χ4v) is 3.67. The van der Waals surface area contributed by atoms with Gasteiger partial charge in [0.15, 0.2) is 11.5 Å². The average Bonchev–Trinajstić information content (AvgIpc) is 2.88. The maximum atomic E-state index is 12.9. The number of nitriles is 2. The highest BCUT2D eigenvalue weighted by Crippen LogP contribution is 2.35. The van der Waals surface area contributed by atoms with Crippen molar-refractivity contribution in [3.63, 3.8) is 0 Å². The number of benzene rings is 3. The van der Waals surface area contributed by atoms with Crippen LogP contribution in [0.15, 0.2) is 72.8 Å². The molecule has 1 amide bonds. The number of ether oxygens (including phenoxy) is 2. The molecule has 36 heavy (non-hydrogen) atoms. The number of aryl methyl sites for hydroxylation is 2. The highest BCUT2D eigenvalue weighted by molar-refractivity contribution is 6.10. The van der Waals surface area contributed by atoms with E-state index in [9.17, 15) is 15.3 Å². The van der Waals surface area contributed by atoms with E-state index in [1.165, 1.54) is 13.2 Å². The van der Waals surface area contributed by atoms with Gasteiger partial charge in [0.05, 0.1) is 18.7 Å². The van der Waals surface area contributed by atoms with Crippen molar-refractivity contribution in [1.29, 1.82) is 10.5 Å². The second kappa shape index (κ2) is 12.1. The highest BCUT2D eigenvalue weighted by Gasteiger charge is 2.16. The van der Waals surface area contributed by atoms with Crippen LogP contribution in [0.4, 0.5) is 5.69 Å². The third kappa shape index (κ3) is 6.20. The van der Waals surface area contributed by atoms with E-state index in [2.05, 4.69) is 18.0 Å². The number of allylic oxidation sites excluding steroid dienone is 1. The number of nitrogens with one attached hydrogen (secondary N) is 1. The molecule has 3 aromatic carbocycles. The van der Waals surface area contributed by atoms with Gasteiger partial charge in [0.25, 0.3) is 5.91 Å². The van der Waals surface area contributed by atoms with Gasteiger partial charge in [-0.15, -0.1) is 6.58 Å². The molecule has 0 aliphatic rings. The molecule has 0 unspecified atom stereocenters. The van der Waals surface area contributed by atoms with Gasteiger partial charge in [0, 0.05) is 16.8 Å². The van der Waals surface area contributed by atoms with E-state index < -0.39 is 5.91 Å². The molecule has 180 valence electrons. The Morgan fingerprint density at radius 3 is 2.56 bits per heavy atom. The third-order valence-corrected chi connectivity index (χ3v) is 5.57. The predicted molar refractivity (Wildman–Crippen MR) is 141 cm³/mol. The number of nitrogens with zero attached hydrogens (tertiary/aromatic N) is 2. The number of anilines is 1. The van der Waals surface area contributed by atoms with Gasteiger partial charge < -0.3 is 14.8 Å². The molecular formula is C30H27N3O3. The molecule has 3 aromatic rings. The van der Waals surface area contributed by atoms with Gasteiger partial charge in [-0.05, 0) is 67.3 Å². The topological polar surface area (TPSA) is 95.1 Å². The number of methoxy groups -OCH3 is 1. The molecular weight excluding hydrogens is 450 g/mol. The number of hydrogen-bond donors (Lipinski definition) is 1. The summed E-state index contributed by atoms with van der Waals surface area (Å²) in [6.45, 7) is 7.84. The quantitative estimate of drug-likeness (QED) is 0.230. The molecule has 0 bridgehead atoms. The first-order chi connectivity index (χ1) is 17.4. The monoisotopic (exact) mass is 477 g/mol. The molecule has 0 aromatic heterocycles. The Labute approximate surface area is 211 Å². The third-order valence-electron chi connectivity index (χ3n) is 5.57. The van der Waals surface area contributed by atoms with Crippen LogP contribution in [-0.2, 0) is 17.8 Å². The fourth-order valence-electron chi connectivity index (χ4n) is 3.67. The van der Waals surface area contributed by atoms with E-state index >= 15 is 0 Å². The molecule has 0 atom stereocenters. The molecule has 0 saturated heterocycles. The van der Waals surface area contributed by atoms with Crippen molar-refractivity contribution in [3.8, 4) is 23.6 Å². The van der Waals surface area contributed by atoms with Crippen molar-refractivity contribution in [3.05, 3.63) is 106 Å². The van der Waals surface area contributed by atoms with Gasteiger partial charge in [0.2, 0.25) is 0 Å². The molecule has 0 heterocycles. The van der Waals surface area contributed by atoms with E-state index in [4.69, 9.17) is 9.47 Å². The first kappa shape index (κ1) is 25.8. The Balaban J connectivity index is 1.94. The summed E-state index contributed by atoms with van der Waals surface area (Å²) in [5, 5.41) is 21.9. The van der Waals surface area contributed by atoms with Crippen LogP contribution in [0.1, 0.15) is 33.4 Å². The van der Waals surface area contributed by atoms with E-state index in [1.807, 2.05) is 56.3 Å². The summed E-state index contributed by atoms with van der Waals surface area (Å²) in [7, 11) is 1.52. The zero-order valence-electron chi connectivity index (χ0n) is 20.6. The highest BCUT2D eigenvalue weighted by atomic mass is 16.5. The minimum Gasteiger partial charge on any atom is -0.493 e. The minimum atomic E-state index is -0.496. The number of hydrogen-bond acceptors (Lipinski definition) is 5. The molecule has 0 aliphatic heterocycles. The van der Waals surface area contributed by atoms with Crippen LogP contribution in [0.25, 0.3) is 6.08 Å². The number of amides is 1. The van der Waals surface area contributed by atoms with Gasteiger partial charge in [0.1, 0.15) is 18.2 Å². The average molecular weight is 478 g/mol. The van der Waals surface area contributed by atoms with Gasteiger partial charge in [-0.2, -0.15) is 10.5 Å². The molecule has 3 rings (SSSR count). The second-order valence-electron chi connectivity index (χ2n) is 8.20. The van der Waals surface area contributed by atoms with Crippen LogP contribution in [0.5, 0.6) is 11.5 Å². The van der Waals surface area contributed by atoms with Gasteiger partial charge in [-0.3, -0.25) is 4.79 Å². The lowest BCUT2D eigenvalue weighted by molar-refractivity contribution is -0.112. The minimum absolute atomic E-state index is 0.0425. The van der Waals surface area contributed by atoms with Crippen LogP contribution >= 0.6 is 0 Å². The SMILES string of the molecule is C=CCc1cc(/C=C(\C#N)C(=O)Nc2cc(C)ccc2C)cc(OC)c1OCc1ccccc1C#N. The Kier molecular flexibility index (Phi) is 8.64. The zero-order valence-corrected chi connectivity index (χ0v) is 20.6. The number of rotatable bonds is 9. The van der Waals surface area contributed by atoms with Crippen molar-refractivity contribution in [2.75, 3.05) is 12.4 Å². The summed E-state index contributed by atoms with van der Waals surface area (Å²) in [5.41, 5.74) is 5.20. The fraction of sp³-hybridized carbons (Fsp3) is 0.167.